The molecule has 106 valence electrons. The zero-order chi connectivity index (χ0) is 13.2. The molecule has 0 radical (unpaired) electrons. The van der Waals surface area contributed by atoms with Crippen molar-refractivity contribution < 1.29 is 9.90 Å². The van der Waals surface area contributed by atoms with Crippen LogP contribution in [0.15, 0.2) is 0 Å². The van der Waals surface area contributed by atoms with Crippen molar-refractivity contribution in [1.29, 1.82) is 0 Å². The van der Waals surface area contributed by atoms with Crippen LogP contribution >= 0.6 is 0 Å². The highest BCUT2D eigenvalue weighted by Crippen LogP contribution is 2.16. The van der Waals surface area contributed by atoms with Crippen LogP contribution in [-0.4, -0.2) is 36.2 Å². The smallest absolute Gasteiger partial charge is 0.234 e. The maximum atomic E-state index is 11.7. The van der Waals surface area contributed by atoms with E-state index >= 15 is 0 Å². The summed E-state index contributed by atoms with van der Waals surface area (Å²) >= 11 is 0. The van der Waals surface area contributed by atoms with E-state index in [0.717, 1.165) is 32.2 Å². The summed E-state index contributed by atoms with van der Waals surface area (Å²) in [6.07, 6.45) is 8.83. The molecule has 18 heavy (non-hydrogen) atoms. The quantitative estimate of drug-likeness (QED) is 0.479. The number of aliphatic hydroxyl groups excluding tert-OH is 1. The Kier molecular flexibility index (Phi) is 8.01. The van der Waals surface area contributed by atoms with Crippen LogP contribution in [-0.2, 0) is 4.79 Å². The lowest BCUT2D eigenvalue weighted by Gasteiger charge is -2.16. The number of nitrogens with one attached hydrogen (secondary N) is 2. The average Bonchev–Trinajstić information content (AvgIpc) is 2.56. The van der Waals surface area contributed by atoms with E-state index in [9.17, 15) is 4.79 Å². The van der Waals surface area contributed by atoms with Gasteiger partial charge < -0.3 is 15.7 Å². The van der Waals surface area contributed by atoms with Crippen LogP contribution < -0.4 is 10.6 Å². The molecule has 0 aromatic carbocycles. The maximum absolute atomic E-state index is 11.7. The standard InChI is InChI=1S/C14H28N2O2/c1-12(17)7-6-10-15-11-14(18)16-13-8-4-2-3-5-9-13/h12-13,15,17H,2-11H2,1H3,(H,16,18). The largest absolute Gasteiger partial charge is 0.393 e. The number of hydrogen-bond donors (Lipinski definition) is 3. The third-order valence-corrected chi connectivity index (χ3v) is 3.48. The van der Waals surface area contributed by atoms with Crippen molar-refractivity contribution in [2.24, 2.45) is 0 Å². The van der Waals surface area contributed by atoms with Crippen LogP contribution in [0.25, 0.3) is 0 Å². The highest BCUT2D eigenvalue weighted by atomic mass is 16.3. The van der Waals surface area contributed by atoms with E-state index in [4.69, 9.17) is 5.11 Å². The van der Waals surface area contributed by atoms with Gasteiger partial charge >= 0.3 is 0 Å². The zero-order valence-corrected chi connectivity index (χ0v) is 11.6. The fourth-order valence-electron chi connectivity index (χ4n) is 2.43. The Morgan fingerprint density at radius 1 is 1.28 bits per heavy atom. The van der Waals surface area contributed by atoms with Crippen molar-refractivity contribution in [2.75, 3.05) is 13.1 Å². The predicted molar refractivity (Wildman–Crippen MR) is 73.4 cm³/mol. The van der Waals surface area contributed by atoms with Gasteiger partial charge in [0.05, 0.1) is 12.6 Å². The second kappa shape index (κ2) is 9.34. The third-order valence-electron chi connectivity index (χ3n) is 3.48. The summed E-state index contributed by atoms with van der Waals surface area (Å²) in [7, 11) is 0. The van der Waals surface area contributed by atoms with Crippen molar-refractivity contribution in [3.05, 3.63) is 0 Å². The lowest BCUT2D eigenvalue weighted by atomic mass is 10.1. The summed E-state index contributed by atoms with van der Waals surface area (Å²) in [6, 6.07) is 0.388. The van der Waals surface area contributed by atoms with Gasteiger partial charge in [-0.25, -0.2) is 0 Å². The van der Waals surface area contributed by atoms with Gasteiger partial charge in [0.2, 0.25) is 5.91 Å². The zero-order valence-electron chi connectivity index (χ0n) is 11.6. The van der Waals surface area contributed by atoms with E-state index < -0.39 is 0 Å². The molecule has 0 heterocycles. The van der Waals surface area contributed by atoms with Gasteiger partial charge in [0.15, 0.2) is 0 Å². The molecule has 3 N–H and O–H groups in total. The molecule has 1 aliphatic rings. The average molecular weight is 256 g/mol. The summed E-state index contributed by atoms with van der Waals surface area (Å²) in [5, 5.41) is 15.3. The van der Waals surface area contributed by atoms with Crippen LogP contribution in [0, 0.1) is 0 Å². The summed E-state index contributed by atoms with van der Waals surface area (Å²) in [5.74, 6) is 0.110. The fourth-order valence-corrected chi connectivity index (χ4v) is 2.43. The fraction of sp³-hybridized carbons (Fsp3) is 0.929. The van der Waals surface area contributed by atoms with E-state index in [1.54, 1.807) is 6.92 Å². The van der Waals surface area contributed by atoms with Gasteiger partial charge in [0, 0.05) is 6.04 Å². The second-order valence-electron chi connectivity index (χ2n) is 5.42. The number of aliphatic hydroxyl groups is 1. The molecule has 1 amide bonds. The number of carbonyl (C=O) groups excluding carboxylic acids is 1. The lowest BCUT2D eigenvalue weighted by Crippen LogP contribution is -2.40. The van der Waals surface area contributed by atoms with Crippen molar-refractivity contribution in [3.63, 3.8) is 0 Å². The molecule has 0 aromatic rings. The second-order valence-corrected chi connectivity index (χ2v) is 5.42. The minimum atomic E-state index is -0.244. The van der Waals surface area contributed by atoms with Gasteiger partial charge in [-0.3, -0.25) is 4.79 Å². The van der Waals surface area contributed by atoms with Crippen molar-refractivity contribution in [3.8, 4) is 0 Å². The van der Waals surface area contributed by atoms with E-state index in [1.807, 2.05) is 0 Å². The van der Waals surface area contributed by atoms with Gasteiger partial charge in [0.1, 0.15) is 0 Å². The third kappa shape index (κ3) is 7.67. The number of rotatable bonds is 7. The Labute approximate surface area is 111 Å². The molecule has 1 rings (SSSR count). The van der Waals surface area contributed by atoms with Crippen LogP contribution in [0.5, 0.6) is 0 Å². The highest BCUT2D eigenvalue weighted by molar-refractivity contribution is 5.78. The minimum Gasteiger partial charge on any atom is -0.393 e. The van der Waals surface area contributed by atoms with E-state index in [2.05, 4.69) is 10.6 Å². The molecule has 1 saturated carbocycles. The summed E-state index contributed by atoms with van der Waals surface area (Å²) in [6.45, 7) is 2.98. The first kappa shape index (κ1) is 15.4. The van der Waals surface area contributed by atoms with Gasteiger partial charge in [-0.15, -0.1) is 0 Å². The Hall–Kier alpha value is -0.610. The molecule has 4 nitrogen and oxygen atoms in total. The summed E-state index contributed by atoms with van der Waals surface area (Å²) < 4.78 is 0. The van der Waals surface area contributed by atoms with Crippen molar-refractivity contribution in [2.45, 2.75) is 70.4 Å². The van der Waals surface area contributed by atoms with Crippen LogP contribution in [0.3, 0.4) is 0 Å². The Balaban J connectivity index is 2.02. The molecule has 4 heteroatoms. The topological polar surface area (TPSA) is 61.4 Å². The molecule has 1 aliphatic carbocycles. The van der Waals surface area contributed by atoms with Crippen molar-refractivity contribution >= 4 is 5.91 Å². The molecule has 0 spiro atoms. The molecular formula is C14H28N2O2. The molecule has 1 atom stereocenters. The summed E-state index contributed by atoms with van der Waals surface area (Å²) in [5.41, 5.74) is 0. The number of amides is 1. The first-order valence-corrected chi connectivity index (χ1v) is 7.36. The van der Waals surface area contributed by atoms with E-state index in [0.29, 0.717) is 12.6 Å². The molecule has 1 unspecified atom stereocenters. The Bertz CT molecular complexity index is 224. The van der Waals surface area contributed by atoms with Crippen molar-refractivity contribution in [1.82, 2.24) is 10.6 Å². The number of hydrogen-bond acceptors (Lipinski definition) is 3. The first-order chi connectivity index (χ1) is 8.68. The molecular weight excluding hydrogens is 228 g/mol. The van der Waals surface area contributed by atoms with Gasteiger partial charge in [-0.05, 0) is 39.2 Å². The molecule has 0 aromatic heterocycles. The lowest BCUT2D eigenvalue weighted by molar-refractivity contribution is -0.121. The Morgan fingerprint density at radius 3 is 2.56 bits per heavy atom. The number of carbonyl (C=O) groups is 1. The SMILES string of the molecule is CC(O)CCCNCC(=O)NC1CCCCCC1. The summed E-state index contributed by atoms with van der Waals surface area (Å²) in [4.78, 5) is 11.7. The van der Waals surface area contributed by atoms with Gasteiger partial charge in [-0.1, -0.05) is 25.7 Å². The maximum Gasteiger partial charge on any atom is 0.234 e. The Morgan fingerprint density at radius 2 is 1.94 bits per heavy atom. The predicted octanol–water partition coefficient (Wildman–Crippen LogP) is 1.58. The van der Waals surface area contributed by atoms with E-state index in [1.165, 1.54) is 25.7 Å². The molecule has 1 fully saturated rings. The monoisotopic (exact) mass is 256 g/mol. The highest BCUT2D eigenvalue weighted by Gasteiger charge is 2.14. The molecule has 0 bridgehead atoms. The molecule has 0 saturated heterocycles. The van der Waals surface area contributed by atoms with Crippen LogP contribution in [0.4, 0.5) is 0 Å². The molecule has 0 aliphatic heterocycles. The van der Waals surface area contributed by atoms with Crippen LogP contribution in [0.1, 0.15) is 58.3 Å². The normalized spacial score (nSPS) is 19.2. The van der Waals surface area contributed by atoms with Gasteiger partial charge in [0.25, 0.3) is 0 Å². The first-order valence-electron chi connectivity index (χ1n) is 7.36. The minimum absolute atomic E-state index is 0.110. The van der Waals surface area contributed by atoms with Gasteiger partial charge in [-0.2, -0.15) is 0 Å². The van der Waals surface area contributed by atoms with E-state index in [-0.39, 0.29) is 12.0 Å². The van der Waals surface area contributed by atoms with Crippen LogP contribution in [0.2, 0.25) is 0 Å².